The van der Waals surface area contributed by atoms with E-state index in [1.54, 1.807) is 19.9 Å². The number of esters is 1. The van der Waals surface area contributed by atoms with Crippen molar-refractivity contribution in [2.75, 3.05) is 6.61 Å². The molecule has 0 aromatic rings. The van der Waals surface area contributed by atoms with E-state index in [0.29, 0.717) is 13.0 Å². The fraction of sp³-hybridized carbons (Fsp3) is 0.667. The summed E-state index contributed by atoms with van der Waals surface area (Å²) >= 11 is 0. The van der Waals surface area contributed by atoms with Gasteiger partial charge in [0.05, 0.1) is 12.7 Å². The number of hydrogen-bond donors (Lipinski definition) is 1. The summed E-state index contributed by atoms with van der Waals surface area (Å²) in [4.78, 5) is 11.3. The average molecular weight is 170 g/mol. The van der Waals surface area contributed by atoms with Crippen molar-refractivity contribution in [3.63, 3.8) is 0 Å². The van der Waals surface area contributed by atoms with E-state index in [-0.39, 0.29) is 5.97 Å². The monoisotopic (exact) mass is 170 g/mol. The Hall–Kier alpha value is -0.830. The van der Waals surface area contributed by atoms with Crippen molar-refractivity contribution in [1.29, 1.82) is 0 Å². The van der Waals surface area contributed by atoms with Crippen LogP contribution in [0.3, 0.4) is 0 Å². The Morgan fingerprint density at radius 1 is 1.83 bits per heavy atom. The SMILES string of the molecule is CCOC(=O)C1(C)C=CCC1O. The van der Waals surface area contributed by atoms with Gasteiger partial charge in [0.15, 0.2) is 0 Å². The number of aliphatic hydroxyl groups excluding tert-OH is 1. The summed E-state index contributed by atoms with van der Waals surface area (Å²) in [5.74, 6) is -0.341. The molecule has 0 aromatic carbocycles. The molecule has 12 heavy (non-hydrogen) atoms. The molecule has 0 heterocycles. The molecule has 0 fully saturated rings. The second-order valence-electron chi connectivity index (χ2n) is 3.16. The van der Waals surface area contributed by atoms with Crippen molar-refractivity contribution in [2.45, 2.75) is 26.4 Å². The normalized spacial score (nSPS) is 33.8. The van der Waals surface area contributed by atoms with Gasteiger partial charge in [-0.1, -0.05) is 12.2 Å². The van der Waals surface area contributed by atoms with Crippen LogP contribution < -0.4 is 0 Å². The van der Waals surface area contributed by atoms with Crippen LogP contribution in [0.1, 0.15) is 20.3 Å². The molecule has 0 amide bonds. The first-order valence-electron chi connectivity index (χ1n) is 4.14. The molecular weight excluding hydrogens is 156 g/mol. The number of rotatable bonds is 2. The Morgan fingerprint density at radius 3 is 2.92 bits per heavy atom. The lowest BCUT2D eigenvalue weighted by Gasteiger charge is -2.23. The van der Waals surface area contributed by atoms with Gasteiger partial charge in [0.2, 0.25) is 0 Å². The summed E-state index contributed by atoms with van der Waals surface area (Å²) in [5.41, 5.74) is -0.823. The number of carbonyl (C=O) groups excluding carboxylic acids is 1. The van der Waals surface area contributed by atoms with Crippen LogP contribution in [0.4, 0.5) is 0 Å². The van der Waals surface area contributed by atoms with Crippen LogP contribution in [0.15, 0.2) is 12.2 Å². The van der Waals surface area contributed by atoms with E-state index in [1.807, 2.05) is 6.08 Å². The minimum Gasteiger partial charge on any atom is -0.465 e. The lowest BCUT2D eigenvalue weighted by Crippen LogP contribution is -2.36. The fourth-order valence-electron chi connectivity index (χ4n) is 1.29. The van der Waals surface area contributed by atoms with Crippen molar-refractivity contribution >= 4 is 5.97 Å². The van der Waals surface area contributed by atoms with Crippen LogP contribution in [-0.4, -0.2) is 23.8 Å². The van der Waals surface area contributed by atoms with Gasteiger partial charge >= 0.3 is 5.97 Å². The molecule has 0 radical (unpaired) electrons. The van der Waals surface area contributed by atoms with E-state index in [2.05, 4.69) is 0 Å². The Kier molecular flexibility index (Phi) is 2.52. The van der Waals surface area contributed by atoms with Gasteiger partial charge in [0, 0.05) is 0 Å². The summed E-state index contributed by atoms with van der Waals surface area (Å²) < 4.78 is 4.85. The molecule has 2 atom stereocenters. The highest BCUT2D eigenvalue weighted by Gasteiger charge is 2.41. The predicted octanol–water partition coefficient (Wildman–Crippen LogP) is 0.877. The van der Waals surface area contributed by atoms with Gasteiger partial charge in [-0.3, -0.25) is 4.79 Å². The smallest absolute Gasteiger partial charge is 0.318 e. The molecule has 1 N–H and O–H groups in total. The van der Waals surface area contributed by atoms with Crippen molar-refractivity contribution in [3.05, 3.63) is 12.2 Å². The molecule has 3 nitrogen and oxygen atoms in total. The Bertz CT molecular complexity index is 210. The third-order valence-corrected chi connectivity index (χ3v) is 2.23. The van der Waals surface area contributed by atoms with Gasteiger partial charge in [-0.05, 0) is 20.3 Å². The van der Waals surface area contributed by atoms with Crippen molar-refractivity contribution in [2.24, 2.45) is 5.41 Å². The van der Waals surface area contributed by atoms with Crippen molar-refractivity contribution in [3.8, 4) is 0 Å². The van der Waals surface area contributed by atoms with Gasteiger partial charge in [-0.25, -0.2) is 0 Å². The number of ether oxygens (including phenoxy) is 1. The highest BCUT2D eigenvalue weighted by molar-refractivity contribution is 5.80. The molecule has 0 spiro atoms. The molecule has 3 heteroatoms. The van der Waals surface area contributed by atoms with Crippen molar-refractivity contribution in [1.82, 2.24) is 0 Å². The van der Waals surface area contributed by atoms with E-state index < -0.39 is 11.5 Å². The summed E-state index contributed by atoms with van der Waals surface area (Å²) in [6, 6.07) is 0. The molecule has 0 aliphatic heterocycles. The fourth-order valence-corrected chi connectivity index (χ4v) is 1.29. The Morgan fingerprint density at radius 2 is 2.50 bits per heavy atom. The molecule has 1 aliphatic rings. The van der Waals surface area contributed by atoms with Gasteiger partial charge in [0.25, 0.3) is 0 Å². The molecule has 0 saturated carbocycles. The summed E-state index contributed by atoms with van der Waals surface area (Å²) in [5, 5.41) is 9.48. The van der Waals surface area contributed by atoms with Gasteiger partial charge in [-0.15, -0.1) is 0 Å². The maximum absolute atomic E-state index is 11.3. The average Bonchev–Trinajstić information content (AvgIpc) is 2.34. The molecule has 68 valence electrons. The van der Waals surface area contributed by atoms with Crippen LogP contribution in [-0.2, 0) is 9.53 Å². The van der Waals surface area contributed by atoms with Crippen LogP contribution in [0.5, 0.6) is 0 Å². The van der Waals surface area contributed by atoms with Crippen LogP contribution >= 0.6 is 0 Å². The highest BCUT2D eigenvalue weighted by atomic mass is 16.5. The maximum Gasteiger partial charge on any atom is 0.318 e. The van der Waals surface area contributed by atoms with E-state index in [4.69, 9.17) is 4.74 Å². The minimum absolute atomic E-state index is 0.341. The van der Waals surface area contributed by atoms with Crippen LogP contribution in [0.25, 0.3) is 0 Å². The molecular formula is C9H14O3. The molecule has 2 unspecified atom stereocenters. The van der Waals surface area contributed by atoms with Crippen molar-refractivity contribution < 1.29 is 14.6 Å². The van der Waals surface area contributed by atoms with E-state index in [1.165, 1.54) is 0 Å². The second kappa shape index (κ2) is 3.27. The van der Waals surface area contributed by atoms with Gasteiger partial charge in [0.1, 0.15) is 5.41 Å². The van der Waals surface area contributed by atoms with E-state index in [9.17, 15) is 9.90 Å². The topological polar surface area (TPSA) is 46.5 Å². The zero-order valence-electron chi connectivity index (χ0n) is 7.41. The first-order valence-corrected chi connectivity index (χ1v) is 4.14. The standard InChI is InChI=1S/C9H14O3/c1-3-12-8(11)9(2)6-4-5-7(9)10/h4,6-7,10H,3,5H2,1-2H3. The quantitative estimate of drug-likeness (QED) is 0.494. The van der Waals surface area contributed by atoms with E-state index >= 15 is 0 Å². The zero-order chi connectivity index (χ0) is 9.19. The number of hydrogen-bond acceptors (Lipinski definition) is 3. The first-order chi connectivity index (χ1) is 5.61. The molecule has 0 aromatic heterocycles. The number of carbonyl (C=O) groups is 1. The predicted molar refractivity (Wildman–Crippen MR) is 44.5 cm³/mol. The first kappa shape index (κ1) is 9.26. The van der Waals surface area contributed by atoms with Crippen LogP contribution in [0, 0.1) is 5.41 Å². The molecule has 1 aliphatic carbocycles. The summed E-state index contributed by atoms with van der Waals surface area (Å²) in [7, 11) is 0. The Balaban J connectivity index is 2.70. The highest BCUT2D eigenvalue weighted by Crippen LogP contribution is 2.32. The third-order valence-electron chi connectivity index (χ3n) is 2.23. The molecule has 0 saturated heterocycles. The lowest BCUT2D eigenvalue weighted by molar-refractivity contribution is -0.156. The second-order valence-corrected chi connectivity index (χ2v) is 3.16. The Labute approximate surface area is 72.0 Å². The molecule has 1 rings (SSSR count). The minimum atomic E-state index is -0.823. The lowest BCUT2D eigenvalue weighted by atomic mass is 9.88. The van der Waals surface area contributed by atoms with Gasteiger partial charge in [-0.2, -0.15) is 0 Å². The van der Waals surface area contributed by atoms with Gasteiger partial charge < -0.3 is 9.84 Å². The maximum atomic E-state index is 11.3. The number of aliphatic hydroxyl groups is 1. The van der Waals surface area contributed by atoms with E-state index in [0.717, 1.165) is 0 Å². The third kappa shape index (κ3) is 1.37. The zero-order valence-corrected chi connectivity index (χ0v) is 7.41. The molecule has 0 bridgehead atoms. The van der Waals surface area contributed by atoms with Crippen LogP contribution in [0.2, 0.25) is 0 Å². The summed E-state index contributed by atoms with van der Waals surface area (Å²) in [6.45, 7) is 3.81. The summed E-state index contributed by atoms with van der Waals surface area (Å²) in [6.07, 6.45) is 3.43. The largest absolute Gasteiger partial charge is 0.465 e.